The van der Waals surface area contributed by atoms with Crippen molar-refractivity contribution in [3.05, 3.63) is 65.7 Å². The standard InChI is InChI=1S/C22H24O4/c23-21(19-9-4-10-20(19)22(24)25)17-11-13-18(14-12-17)26-15-5-8-16-6-2-1-3-7-16/h1-3,6-7,11-14,19-20H,4-5,8-10,15H2,(H,24,25)/t19-,20-/m0/s1. The summed E-state index contributed by atoms with van der Waals surface area (Å²) in [5.41, 5.74) is 1.86. The molecule has 4 nitrogen and oxygen atoms in total. The van der Waals surface area contributed by atoms with Gasteiger partial charge in [-0.2, -0.15) is 0 Å². The Bertz CT molecular complexity index is 736. The van der Waals surface area contributed by atoms with Crippen LogP contribution in [-0.4, -0.2) is 23.5 Å². The first-order valence-corrected chi connectivity index (χ1v) is 9.19. The summed E-state index contributed by atoms with van der Waals surface area (Å²) in [5, 5.41) is 9.25. The second-order valence-corrected chi connectivity index (χ2v) is 6.81. The molecule has 0 heterocycles. The van der Waals surface area contributed by atoms with Gasteiger partial charge in [0, 0.05) is 11.5 Å². The van der Waals surface area contributed by atoms with Crippen LogP contribution in [0.25, 0.3) is 0 Å². The van der Waals surface area contributed by atoms with Crippen LogP contribution in [0, 0.1) is 11.8 Å². The van der Waals surface area contributed by atoms with Crippen LogP contribution in [0.1, 0.15) is 41.6 Å². The predicted octanol–water partition coefficient (Wildman–Crippen LogP) is 4.38. The molecule has 1 aliphatic rings. The van der Waals surface area contributed by atoms with Crippen molar-refractivity contribution in [3.8, 4) is 5.75 Å². The minimum atomic E-state index is -0.862. The summed E-state index contributed by atoms with van der Waals surface area (Å²) in [5.74, 6) is -1.14. The zero-order valence-electron chi connectivity index (χ0n) is 14.8. The first kappa shape index (κ1) is 18.2. The molecule has 1 N–H and O–H groups in total. The monoisotopic (exact) mass is 352 g/mol. The van der Waals surface area contributed by atoms with Crippen molar-refractivity contribution >= 4 is 11.8 Å². The van der Waals surface area contributed by atoms with Gasteiger partial charge in [0.1, 0.15) is 5.75 Å². The third-order valence-electron chi connectivity index (χ3n) is 5.03. The average molecular weight is 352 g/mol. The normalized spacial score (nSPS) is 19.2. The quantitative estimate of drug-likeness (QED) is 0.565. The molecule has 2 aromatic rings. The number of hydrogen-bond donors (Lipinski definition) is 1. The van der Waals surface area contributed by atoms with E-state index in [1.54, 1.807) is 24.3 Å². The molecular weight excluding hydrogens is 328 g/mol. The Kier molecular flexibility index (Phi) is 6.05. The Hall–Kier alpha value is -2.62. The molecule has 1 saturated carbocycles. The van der Waals surface area contributed by atoms with Crippen LogP contribution in [-0.2, 0) is 11.2 Å². The van der Waals surface area contributed by atoms with Crippen molar-refractivity contribution < 1.29 is 19.4 Å². The molecule has 26 heavy (non-hydrogen) atoms. The van der Waals surface area contributed by atoms with Crippen molar-refractivity contribution in [3.63, 3.8) is 0 Å². The number of hydrogen-bond acceptors (Lipinski definition) is 3. The second kappa shape index (κ2) is 8.65. The van der Waals surface area contributed by atoms with E-state index in [9.17, 15) is 14.7 Å². The molecule has 1 fully saturated rings. The minimum Gasteiger partial charge on any atom is -0.494 e. The maximum absolute atomic E-state index is 12.6. The first-order valence-electron chi connectivity index (χ1n) is 9.19. The molecule has 0 aromatic heterocycles. The summed E-state index contributed by atoms with van der Waals surface area (Å²) in [6, 6.07) is 17.4. The van der Waals surface area contributed by atoms with Crippen LogP contribution in [0.3, 0.4) is 0 Å². The van der Waals surface area contributed by atoms with Gasteiger partial charge in [-0.05, 0) is 55.5 Å². The molecule has 0 spiro atoms. The first-order chi connectivity index (χ1) is 12.6. The molecule has 1 aliphatic carbocycles. The number of carboxylic acids is 1. The lowest BCUT2D eigenvalue weighted by Gasteiger charge is -2.14. The maximum Gasteiger partial charge on any atom is 0.307 e. The number of carbonyl (C=O) groups is 2. The molecule has 0 amide bonds. The summed E-state index contributed by atoms with van der Waals surface area (Å²) in [7, 11) is 0. The van der Waals surface area contributed by atoms with E-state index >= 15 is 0 Å². The Morgan fingerprint density at radius 1 is 0.962 bits per heavy atom. The van der Waals surface area contributed by atoms with Gasteiger partial charge < -0.3 is 9.84 Å². The minimum absolute atomic E-state index is 0.0643. The van der Waals surface area contributed by atoms with Crippen LogP contribution in [0.15, 0.2) is 54.6 Å². The maximum atomic E-state index is 12.6. The highest BCUT2D eigenvalue weighted by molar-refractivity contribution is 6.00. The van der Waals surface area contributed by atoms with Crippen molar-refractivity contribution in [2.45, 2.75) is 32.1 Å². The molecule has 136 valence electrons. The van der Waals surface area contributed by atoms with Gasteiger partial charge in [0.05, 0.1) is 12.5 Å². The Balaban J connectivity index is 1.50. The van der Waals surface area contributed by atoms with Crippen LogP contribution < -0.4 is 4.74 Å². The molecule has 2 aromatic carbocycles. The summed E-state index contributed by atoms with van der Waals surface area (Å²) in [6.45, 7) is 0.617. The van der Waals surface area contributed by atoms with E-state index < -0.39 is 17.8 Å². The SMILES string of the molecule is O=C(O)[C@H]1CCC[C@@H]1C(=O)c1ccc(OCCCc2ccccc2)cc1. The molecule has 0 saturated heterocycles. The lowest BCUT2D eigenvalue weighted by Crippen LogP contribution is -2.25. The molecule has 0 aliphatic heterocycles. The summed E-state index contributed by atoms with van der Waals surface area (Å²) in [6.07, 6.45) is 3.95. The largest absolute Gasteiger partial charge is 0.494 e. The zero-order chi connectivity index (χ0) is 18.4. The number of ketones is 1. The number of aliphatic carboxylic acids is 1. The van der Waals surface area contributed by atoms with E-state index in [2.05, 4.69) is 12.1 Å². The predicted molar refractivity (Wildman–Crippen MR) is 99.5 cm³/mol. The Morgan fingerprint density at radius 3 is 2.35 bits per heavy atom. The van der Waals surface area contributed by atoms with Gasteiger partial charge in [0.15, 0.2) is 5.78 Å². The summed E-state index contributed by atoms with van der Waals surface area (Å²) in [4.78, 5) is 23.9. The molecule has 2 atom stereocenters. The van der Waals surface area contributed by atoms with Gasteiger partial charge in [0.25, 0.3) is 0 Å². The number of Topliss-reactive ketones (excluding diaryl/α,β-unsaturated/α-hetero) is 1. The molecule has 3 rings (SSSR count). The molecular formula is C22H24O4. The van der Waals surface area contributed by atoms with Crippen molar-refractivity contribution in [1.29, 1.82) is 0 Å². The average Bonchev–Trinajstić information content (AvgIpc) is 3.16. The fourth-order valence-corrected chi connectivity index (χ4v) is 3.61. The number of carboxylic acid groups (broad SMARTS) is 1. The van der Waals surface area contributed by atoms with Crippen molar-refractivity contribution in [2.75, 3.05) is 6.61 Å². The highest BCUT2D eigenvalue weighted by Crippen LogP contribution is 2.34. The van der Waals surface area contributed by atoms with Crippen molar-refractivity contribution in [2.24, 2.45) is 11.8 Å². The van der Waals surface area contributed by atoms with Crippen LogP contribution in [0.4, 0.5) is 0 Å². The van der Waals surface area contributed by atoms with E-state index in [0.717, 1.165) is 25.0 Å². The molecule has 0 unspecified atom stereocenters. The van der Waals surface area contributed by atoms with E-state index in [0.29, 0.717) is 25.0 Å². The zero-order valence-corrected chi connectivity index (χ0v) is 14.8. The Morgan fingerprint density at radius 2 is 1.65 bits per heavy atom. The number of rotatable bonds is 8. The Labute approximate surface area is 153 Å². The topological polar surface area (TPSA) is 63.6 Å². The van der Waals surface area contributed by atoms with Gasteiger partial charge >= 0.3 is 5.97 Å². The lowest BCUT2D eigenvalue weighted by molar-refractivity contribution is -0.142. The van der Waals surface area contributed by atoms with Gasteiger partial charge in [-0.25, -0.2) is 0 Å². The number of aryl methyl sites for hydroxylation is 1. The van der Waals surface area contributed by atoms with E-state index in [4.69, 9.17) is 4.74 Å². The summed E-state index contributed by atoms with van der Waals surface area (Å²) < 4.78 is 5.74. The van der Waals surface area contributed by atoms with E-state index in [1.807, 2.05) is 18.2 Å². The lowest BCUT2D eigenvalue weighted by atomic mass is 9.88. The van der Waals surface area contributed by atoms with Gasteiger partial charge in [-0.1, -0.05) is 36.8 Å². The fourth-order valence-electron chi connectivity index (χ4n) is 3.61. The van der Waals surface area contributed by atoms with Crippen LogP contribution >= 0.6 is 0 Å². The van der Waals surface area contributed by atoms with Gasteiger partial charge in [-0.15, -0.1) is 0 Å². The highest BCUT2D eigenvalue weighted by Gasteiger charge is 2.37. The third kappa shape index (κ3) is 4.51. The molecule has 0 radical (unpaired) electrons. The van der Waals surface area contributed by atoms with E-state index in [-0.39, 0.29) is 5.78 Å². The number of carbonyl (C=O) groups excluding carboxylic acids is 1. The second-order valence-electron chi connectivity index (χ2n) is 6.81. The van der Waals surface area contributed by atoms with Gasteiger partial charge in [-0.3, -0.25) is 9.59 Å². The number of ether oxygens (including phenoxy) is 1. The highest BCUT2D eigenvalue weighted by atomic mass is 16.5. The van der Waals surface area contributed by atoms with Crippen molar-refractivity contribution in [1.82, 2.24) is 0 Å². The van der Waals surface area contributed by atoms with Crippen LogP contribution in [0.2, 0.25) is 0 Å². The van der Waals surface area contributed by atoms with Crippen LogP contribution in [0.5, 0.6) is 5.75 Å². The smallest absolute Gasteiger partial charge is 0.307 e. The van der Waals surface area contributed by atoms with Gasteiger partial charge in [0.2, 0.25) is 0 Å². The van der Waals surface area contributed by atoms with E-state index in [1.165, 1.54) is 5.56 Å². The fraction of sp³-hybridized carbons (Fsp3) is 0.364. The number of benzene rings is 2. The summed E-state index contributed by atoms with van der Waals surface area (Å²) >= 11 is 0. The third-order valence-corrected chi connectivity index (χ3v) is 5.03. The molecule has 4 heteroatoms. The molecule has 0 bridgehead atoms.